The summed E-state index contributed by atoms with van der Waals surface area (Å²) in [6, 6.07) is 12.7. The van der Waals surface area contributed by atoms with Gasteiger partial charge in [-0.05, 0) is 36.8 Å². The van der Waals surface area contributed by atoms with E-state index in [1.807, 2.05) is 31.2 Å². The Labute approximate surface area is 121 Å². The van der Waals surface area contributed by atoms with Crippen molar-refractivity contribution in [1.29, 1.82) is 0 Å². The summed E-state index contributed by atoms with van der Waals surface area (Å²) in [6.45, 7) is 2.31. The lowest BCUT2D eigenvalue weighted by Crippen LogP contribution is -2.08. The molecule has 0 saturated heterocycles. The van der Waals surface area contributed by atoms with Gasteiger partial charge < -0.3 is 15.6 Å². The van der Waals surface area contributed by atoms with Gasteiger partial charge in [-0.25, -0.2) is 0 Å². The number of nitrogens with two attached hydrogens (primary N) is 1. The molecule has 0 spiro atoms. The summed E-state index contributed by atoms with van der Waals surface area (Å²) >= 11 is 3.42. The van der Waals surface area contributed by atoms with Gasteiger partial charge in [0.2, 0.25) is 0 Å². The summed E-state index contributed by atoms with van der Waals surface area (Å²) in [5.74, 6) is 0.996. The molecule has 0 unspecified atom stereocenters. The van der Waals surface area contributed by atoms with E-state index in [0.717, 1.165) is 21.3 Å². The van der Waals surface area contributed by atoms with Crippen LogP contribution in [0.1, 0.15) is 24.1 Å². The van der Waals surface area contributed by atoms with E-state index in [9.17, 15) is 5.11 Å². The number of hydrogen-bond acceptors (Lipinski definition) is 3. The zero-order chi connectivity index (χ0) is 13.8. The first-order chi connectivity index (χ1) is 9.06. The van der Waals surface area contributed by atoms with Gasteiger partial charge in [-0.15, -0.1) is 0 Å². The normalized spacial score (nSPS) is 12.2. The van der Waals surface area contributed by atoms with Crippen molar-refractivity contribution in [2.45, 2.75) is 19.6 Å². The van der Waals surface area contributed by atoms with Crippen molar-refractivity contribution in [3.63, 3.8) is 0 Å². The first-order valence-corrected chi connectivity index (χ1v) is 6.81. The third-order valence-electron chi connectivity index (χ3n) is 2.77. The highest BCUT2D eigenvalue weighted by Gasteiger charge is 2.09. The number of phenolic OH excluding ortho intramolecular Hbond substituents is 1. The van der Waals surface area contributed by atoms with E-state index in [0.29, 0.717) is 6.61 Å². The average Bonchev–Trinajstić information content (AvgIpc) is 2.36. The van der Waals surface area contributed by atoms with Crippen molar-refractivity contribution in [2.24, 2.45) is 5.73 Å². The molecule has 0 amide bonds. The molecule has 3 N–H and O–H groups in total. The van der Waals surface area contributed by atoms with Crippen LogP contribution in [0.4, 0.5) is 0 Å². The van der Waals surface area contributed by atoms with E-state index in [1.165, 1.54) is 0 Å². The quantitative estimate of drug-likeness (QED) is 0.901. The summed E-state index contributed by atoms with van der Waals surface area (Å²) in [5, 5.41) is 9.41. The summed E-state index contributed by atoms with van der Waals surface area (Å²) in [6.07, 6.45) is 0. The molecule has 0 aromatic heterocycles. The van der Waals surface area contributed by atoms with Crippen molar-refractivity contribution in [2.75, 3.05) is 0 Å². The molecule has 100 valence electrons. The fourth-order valence-electron chi connectivity index (χ4n) is 1.82. The maximum atomic E-state index is 9.41. The SMILES string of the molecule is C[C@@H](N)c1ccc(Br)cc1OCc1cccc(O)c1. The third kappa shape index (κ3) is 3.72. The van der Waals surface area contributed by atoms with E-state index in [-0.39, 0.29) is 11.8 Å². The molecule has 2 aromatic rings. The van der Waals surface area contributed by atoms with Crippen LogP contribution in [-0.4, -0.2) is 5.11 Å². The molecular formula is C15H16BrNO2. The number of phenols is 1. The molecule has 0 radical (unpaired) electrons. The van der Waals surface area contributed by atoms with Crippen molar-refractivity contribution in [3.05, 3.63) is 58.1 Å². The molecule has 3 nitrogen and oxygen atoms in total. The minimum Gasteiger partial charge on any atom is -0.508 e. The third-order valence-corrected chi connectivity index (χ3v) is 3.26. The largest absolute Gasteiger partial charge is 0.508 e. The van der Waals surface area contributed by atoms with Crippen LogP contribution in [0, 0.1) is 0 Å². The van der Waals surface area contributed by atoms with Gasteiger partial charge in [0, 0.05) is 16.1 Å². The van der Waals surface area contributed by atoms with Crippen LogP contribution in [0.5, 0.6) is 11.5 Å². The fourth-order valence-corrected chi connectivity index (χ4v) is 2.16. The fraction of sp³-hybridized carbons (Fsp3) is 0.200. The Morgan fingerprint density at radius 1 is 1.26 bits per heavy atom. The molecule has 0 fully saturated rings. The second-order valence-corrected chi connectivity index (χ2v) is 5.35. The van der Waals surface area contributed by atoms with Crippen LogP contribution in [0.15, 0.2) is 46.9 Å². The number of halogens is 1. The highest BCUT2D eigenvalue weighted by molar-refractivity contribution is 9.10. The Kier molecular flexibility index (Phi) is 4.45. The van der Waals surface area contributed by atoms with Crippen LogP contribution in [-0.2, 0) is 6.61 Å². The van der Waals surface area contributed by atoms with Crippen molar-refractivity contribution in [1.82, 2.24) is 0 Å². The van der Waals surface area contributed by atoms with Gasteiger partial charge >= 0.3 is 0 Å². The standard InChI is InChI=1S/C15H16BrNO2/c1-10(17)14-6-5-12(16)8-15(14)19-9-11-3-2-4-13(18)7-11/h2-8,10,18H,9,17H2,1H3/t10-/m1/s1. The van der Waals surface area contributed by atoms with Gasteiger partial charge in [-0.2, -0.15) is 0 Å². The first kappa shape index (κ1) is 13.9. The number of aromatic hydroxyl groups is 1. The predicted molar refractivity (Wildman–Crippen MR) is 79.2 cm³/mol. The van der Waals surface area contributed by atoms with Gasteiger partial charge in [-0.3, -0.25) is 0 Å². The minimum atomic E-state index is -0.0905. The van der Waals surface area contributed by atoms with Crippen molar-refractivity contribution < 1.29 is 9.84 Å². The predicted octanol–water partition coefficient (Wildman–Crippen LogP) is 3.75. The zero-order valence-corrected chi connectivity index (χ0v) is 12.2. The summed E-state index contributed by atoms with van der Waals surface area (Å²) in [4.78, 5) is 0. The van der Waals surface area contributed by atoms with E-state index in [2.05, 4.69) is 15.9 Å². The monoisotopic (exact) mass is 321 g/mol. The number of rotatable bonds is 4. The smallest absolute Gasteiger partial charge is 0.125 e. The maximum Gasteiger partial charge on any atom is 0.125 e. The average molecular weight is 322 g/mol. The molecule has 4 heteroatoms. The summed E-state index contributed by atoms with van der Waals surface area (Å²) in [5.41, 5.74) is 7.80. The molecule has 0 saturated carbocycles. The van der Waals surface area contributed by atoms with Gasteiger partial charge in [0.25, 0.3) is 0 Å². The van der Waals surface area contributed by atoms with Crippen LogP contribution in [0.2, 0.25) is 0 Å². The van der Waals surface area contributed by atoms with Crippen LogP contribution < -0.4 is 10.5 Å². The lowest BCUT2D eigenvalue weighted by Gasteiger charge is -2.14. The molecule has 0 heterocycles. The molecule has 0 bridgehead atoms. The lowest BCUT2D eigenvalue weighted by atomic mass is 10.1. The van der Waals surface area contributed by atoms with Crippen molar-refractivity contribution in [3.8, 4) is 11.5 Å². The van der Waals surface area contributed by atoms with Gasteiger partial charge in [-0.1, -0.05) is 34.1 Å². The molecule has 0 aliphatic heterocycles. The van der Waals surface area contributed by atoms with Gasteiger partial charge in [0.1, 0.15) is 18.1 Å². The highest BCUT2D eigenvalue weighted by atomic mass is 79.9. The zero-order valence-electron chi connectivity index (χ0n) is 10.6. The number of ether oxygens (including phenoxy) is 1. The van der Waals surface area contributed by atoms with E-state index >= 15 is 0 Å². The number of hydrogen-bond donors (Lipinski definition) is 2. The summed E-state index contributed by atoms with van der Waals surface area (Å²) in [7, 11) is 0. The van der Waals surface area contributed by atoms with E-state index in [1.54, 1.807) is 18.2 Å². The maximum absolute atomic E-state index is 9.41. The topological polar surface area (TPSA) is 55.5 Å². The number of benzene rings is 2. The Hall–Kier alpha value is -1.52. The molecular weight excluding hydrogens is 306 g/mol. The second-order valence-electron chi connectivity index (χ2n) is 4.43. The Bertz CT molecular complexity index is 570. The van der Waals surface area contributed by atoms with Crippen LogP contribution in [0.3, 0.4) is 0 Å². The van der Waals surface area contributed by atoms with Gasteiger partial charge in [0.05, 0.1) is 0 Å². The minimum absolute atomic E-state index is 0.0905. The molecule has 2 rings (SSSR count). The van der Waals surface area contributed by atoms with Crippen LogP contribution in [0.25, 0.3) is 0 Å². The first-order valence-electron chi connectivity index (χ1n) is 6.02. The Balaban J connectivity index is 2.17. The van der Waals surface area contributed by atoms with E-state index < -0.39 is 0 Å². The highest BCUT2D eigenvalue weighted by Crippen LogP contribution is 2.28. The molecule has 0 aliphatic carbocycles. The molecule has 0 aliphatic rings. The molecule has 1 atom stereocenters. The molecule has 2 aromatic carbocycles. The van der Waals surface area contributed by atoms with Crippen LogP contribution >= 0.6 is 15.9 Å². The Morgan fingerprint density at radius 2 is 2.05 bits per heavy atom. The lowest BCUT2D eigenvalue weighted by molar-refractivity contribution is 0.300. The van der Waals surface area contributed by atoms with Gasteiger partial charge in [0.15, 0.2) is 0 Å². The summed E-state index contributed by atoms with van der Waals surface area (Å²) < 4.78 is 6.75. The molecule has 19 heavy (non-hydrogen) atoms. The van der Waals surface area contributed by atoms with E-state index in [4.69, 9.17) is 10.5 Å². The van der Waals surface area contributed by atoms with Crippen molar-refractivity contribution >= 4 is 15.9 Å². The Morgan fingerprint density at radius 3 is 2.74 bits per heavy atom. The second kappa shape index (κ2) is 6.08.